The largest absolute Gasteiger partial charge is 0.466 e. The lowest BCUT2D eigenvalue weighted by Gasteiger charge is -2.22. The molecule has 0 saturated heterocycles. The summed E-state index contributed by atoms with van der Waals surface area (Å²) in [6, 6.07) is 0. The number of thioether (sulfide) groups is 2. The maximum Gasteiger partial charge on any atom is 0.311 e. The van der Waals surface area contributed by atoms with Crippen molar-refractivity contribution in [1.29, 1.82) is 0 Å². The Morgan fingerprint density at radius 2 is 1.12 bits per heavy atom. The van der Waals surface area contributed by atoms with Gasteiger partial charge in [-0.05, 0) is 78.7 Å². The Labute approximate surface area is 162 Å². The van der Waals surface area contributed by atoms with Crippen LogP contribution >= 0.6 is 23.5 Å². The maximum atomic E-state index is 11.8. The molecule has 0 aromatic rings. The molecule has 0 aliphatic heterocycles. The van der Waals surface area contributed by atoms with Gasteiger partial charge in [-0.3, -0.25) is 9.59 Å². The van der Waals surface area contributed by atoms with Gasteiger partial charge in [0.05, 0.1) is 24.0 Å². The molecule has 0 heterocycles. The van der Waals surface area contributed by atoms with Gasteiger partial charge in [-0.2, -0.15) is 23.5 Å². The van der Waals surface area contributed by atoms with E-state index in [0.29, 0.717) is 13.2 Å². The molecule has 0 aliphatic carbocycles. The number of rotatable bonds is 14. The van der Waals surface area contributed by atoms with Crippen LogP contribution in [-0.4, -0.2) is 41.7 Å². The van der Waals surface area contributed by atoms with Crippen molar-refractivity contribution in [1.82, 2.24) is 0 Å². The van der Waals surface area contributed by atoms with Crippen LogP contribution in [0.3, 0.4) is 0 Å². The minimum Gasteiger partial charge on any atom is -0.466 e. The third-order valence-electron chi connectivity index (χ3n) is 4.00. The zero-order chi connectivity index (χ0) is 19.3. The third kappa shape index (κ3) is 11.1. The predicted octanol–water partition coefficient (Wildman–Crippen LogP) is 5.15. The minimum atomic E-state index is -0.387. The van der Waals surface area contributed by atoms with Crippen molar-refractivity contribution in [3.63, 3.8) is 0 Å². The lowest BCUT2D eigenvalue weighted by Crippen LogP contribution is -2.26. The molecule has 6 heteroatoms. The molecule has 0 bridgehead atoms. The molecule has 0 radical (unpaired) electrons. The van der Waals surface area contributed by atoms with Gasteiger partial charge in [0.25, 0.3) is 0 Å². The van der Waals surface area contributed by atoms with E-state index < -0.39 is 0 Å². The van der Waals surface area contributed by atoms with E-state index in [1.165, 1.54) is 0 Å². The van der Waals surface area contributed by atoms with Crippen LogP contribution < -0.4 is 0 Å². The highest BCUT2D eigenvalue weighted by atomic mass is 32.2. The summed E-state index contributed by atoms with van der Waals surface area (Å²) < 4.78 is 10.2. The number of esters is 2. The first-order valence-electron chi connectivity index (χ1n) is 9.17. The lowest BCUT2D eigenvalue weighted by atomic mass is 9.88. The van der Waals surface area contributed by atoms with Gasteiger partial charge in [-0.1, -0.05) is 0 Å². The summed E-state index contributed by atoms with van der Waals surface area (Å²) in [5.41, 5.74) is -0.773. The van der Waals surface area contributed by atoms with E-state index in [2.05, 4.69) is 0 Å². The molecular weight excluding hydrogens is 356 g/mol. The Balaban J connectivity index is 3.68. The fraction of sp³-hybridized carbons (Fsp3) is 0.895. The van der Waals surface area contributed by atoms with Gasteiger partial charge < -0.3 is 9.47 Å². The molecule has 25 heavy (non-hydrogen) atoms. The summed E-state index contributed by atoms with van der Waals surface area (Å²) in [6.45, 7) is 12.4. The molecule has 0 saturated carbocycles. The van der Waals surface area contributed by atoms with Crippen LogP contribution in [0.25, 0.3) is 0 Å². The van der Waals surface area contributed by atoms with Crippen LogP contribution in [0.15, 0.2) is 0 Å². The average molecular weight is 393 g/mol. The summed E-state index contributed by atoms with van der Waals surface area (Å²) in [6.07, 6.45) is 3.76. The predicted molar refractivity (Wildman–Crippen MR) is 109 cm³/mol. The Hall–Kier alpha value is -0.360. The number of hydrogen-bond acceptors (Lipinski definition) is 6. The van der Waals surface area contributed by atoms with Crippen LogP contribution in [0.2, 0.25) is 0 Å². The Morgan fingerprint density at radius 1 is 0.760 bits per heavy atom. The first kappa shape index (κ1) is 24.6. The van der Waals surface area contributed by atoms with E-state index in [1.54, 1.807) is 0 Å². The molecule has 0 amide bonds. The first-order valence-corrected chi connectivity index (χ1v) is 11.5. The topological polar surface area (TPSA) is 52.6 Å². The maximum absolute atomic E-state index is 11.8. The molecular formula is C19H36O4S2. The van der Waals surface area contributed by atoms with Gasteiger partial charge in [0.1, 0.15) is 0 Å². The first-order chi connectivity index (χ1) is 11.7. The molecule has 4 nitrogen and oxygen atoms in total. The van der Waals surface area contributed by atoms with E-state index in [9.17, 15) is 9.59 Å². The van der Waals surface area contributed by atoms with Crippen molar-refractivity contribution < 1.29 is 19.1 Å². The normalized spacial score (nSPS) is 12.1. The Morgan fingerprint density at radius 3 is 1.44 bits per heavy atom. The monoisotopic (exact) mass is 392 g/mol. The molecule has 0 unspecified atom stereocenters. The Kier molecular flexibility index (Phi) is 12.7. The zero-order valence-electron chi connectivity index (χ0n) is 16.8. The van der Waals surface area contributed by atoms with Crippen molar-refractivity contribution in [2.45, 2.75) is 67.2 Å². The summed E-state index contributed by atoms with van der Waals surface area (Å²) in [7, 11) is 0. The molecule has 0 rings (SSSR count). The Bertz CT molecular complexity index is 359. The number of hydrogen-bond donors (Lipinski definition) is 0. The quantitative estimate of drug-likeness (QED) is 0.231. The van der Waals surface area contributed by atoms with E-state index in [4.69, 9.17) is 9.47 Å². The van der Waals surface area contributed by atoms with Crippen LogP contribution in [0.4, 0.5) is 0 Å². The summed E-state index contributed by atoms with van der Waals surface area (Å²) in [5, 5.41) is 1.06. The van der Waals surface area contributed by atoms with Gasteiger partial charge in [-0.25, -0.2) is 0 Å². The fourth-order valence-electron chi connectivity index (χ4n) is 2.27. The van der Waals surface area contributed by atoms with Crippen LogP contribution in [-0.2, 0) is 19.1 Å². The SMILES string of the molecule is CCOC(=O)C(C)(C)CCCSCSCCCC(C)(C)C(=O)OCC. The van der Waals surface area contributed by atoms with E-state index in [0.717, 1.165) is 42.3 Å². The average Bonchev–Trinajstić information content (AvgIpc) is 2.53. The van der Waals surface area contributed by atoms with Crippen molar-refractivity contribution in [2.24, 2.45) is 10.8 Å². The molecule has 0 N–H and O–H groups in total. The third-order valence-corrected chi connectivity index (χ3v) is 6.49. The zero-order valence-corrected chi connectivity index (χ0v) is 18.4. The fourth-order valence-corrected chi connectivity index (χ4v) is 4.38. The number of carbonyl (C=O) groups is 2. The van der Waals surface area contributed by atoms with Crippen LogP contribution in [0, 0.1) is 10.8 Å². The van der Waals surface area contributed by atoms with Crippen molar-refractivity contribution in [2.75, 3.05) is 29.8 Å². The van der Waals surface area contributed by atoms with Crippen LogP contribution in [0.1, 0.15) is 67.2 Å². The standard InChI is InChI=1S/C19H36O4S2/c1-7-22-16(20)18(3,4)11-9-13-24-15-25-14-10-12-19(5,6)17(21)23-8-2/h7-15H2,1-6H3. The van der Waals surface area contributed by atoms with Crippen molar-refractivity contribution in [3.8, 4) is 0 Å². The van der Waals surface area contributed by atoms with Crippen molar-refractivity contribution in [3.05, 3.63) is 0 Å². The van der Waals surface area contributed by atoms with E-state index in [-0.39, 0.29) is 22.8 Å². The molecule has 0 aliphatic rings. The second-order valence-electron chi connectivity index (χ2n) is 7.35. The summed E-state index contributed by atoms with van der Waals surface area (Å²) in [4.78, 5) is 23.6. The van der Waals surface area contributed by atoms with Crippen molar-refractivity contribution >= 4 is 35.5 Å². The second kappa shape index (κ2) is 12.9. The molecule has 0 spiro atoms. The highest BCUT2D eigenvalue weighted by Gasteiger charge is 2.29. The van der Waals surface area contributed by atoms with Gasteiger partial charge >= 0.3 is 11.9 Å². The van der Waals surface area contributed by atoms with Crippen LogP contribution in [0.5, 0.6) is 0 Å². The summed E-state index contributed by atoms with van der Waals surface area (Å²) >= 11 is 3.82. The van der Waals surface area contributed by atoms with E-state index >= 15 is 0 Å². The van der Waals surface area contributed by atoms with Gasteiger partial charge in [-0.15, -0.1) is 0 Å². The molecule has 0 aromatic carbocycles. The number of carbonyl (C=O) groups excluding carboxylic acids is 2. The van der Waals surface area contributed by atoms with Gasteiger partial charge in [0, 0.05) is 5.08 Å². The summed E-state index contributed by atoms with van der Waals surface area (Å²) in [5.74, 6) is 1.92. The highest BCUT2D eigenvalue weighted by molar-refractivity contribution is 8.15. The minimum absolute atomic E-state index is 0.0985. The second-order valence-corrected chi connectivity index (χ2v) is 9.93. The lowest BCUT2D eigenvalue weighted by molar-refractivity contribution is -0.154. The van der Waals surface area contributed by atoms with E-state index in [1.807, 2.05) is 65.1 Å². The highest BCUT2D eigenvalue weighted by Crippen LogP contribution is 2.27. The van der Waals surface area contributed by atoms with Gasteiger partial charge in [0.15, 0.2) is 0 Å². The molecule has 0 aromatic heterocycles. The molecule has 148 valence electrons. The molecule has 0 atom stereocenters. The number of ether oxygens (including phenoxy) is 2. The molecule has 0 fully saturated rings. The smallest absolute Gasteiger partial charge is 0.311 e. The van der Waals surface area contributed by atoms with Gasteiger partial charge in [0.2, 0.25) is 0 Å².